The van der Waals surface area contributed by atoms with Crippen LogP contribution in [0.15, 0.2) is 18.2 Å². The van der Waals surface area contributed by atoms with Crippen molar-refractivity contribution in [1.82, 2.24) is 4.90 Å². The van der Waals surface area contributed by atoms with Crippen LogP contribution in [0.2, 0.25) is 0 Å². The highest BCUT2D eigenvalue weighted by molar-refractivity contribution is 5.77. The summed E-state index contributed by atoms with van der Waals surface area (Å²) < 4.78 is 47.1. The number of hydrogen-bond donors (Lipinski definition) is 0. The van der Waals surface area contributed by atoms with Gasteiger partial charge in [-0.25, -0.2) is 0 Å². The van der Waals surface area contributed by atoms with Crippen LogP contribution in [0, 0.1) is 11.8 Å². The zero-order valence-electron chi connectivity index (χ0n) is 17.1. The molecule has 1 aliphatic carbocycles. The van der Waals surface area contributed by atoms with Crippen molar-refractivity contribution in [3.8, 4) is 11.5 Å². The molecule has 0 radical (unpaired) electrons. The van der Waals surface area contributed by atoms with Gasteiger partial charge in [0, 0.05) is 19.0 Å². The van der Waals surface area contributed by atoms with Crippen molar-refractivity contribution in [2.45, 2.75) is 64.1 Å². The molecule has 1 heterocycles. The summed E-state index contributed by atoms with van der Waals surface area (Å²) in [7, 11) is 1.39. The summed E-state index contributed by atoms with van der Waals surface area (Å²) in [4.78, 5) is 15.0. The molecule has 2 aliphatic rings. The lowest BCUT2D eigenvalue weighted by Crippen LogP contribution is -2.52. The molecule has 1 aromatic carbocycles. The van der Waals surface area contributed by atoms with Crippen LogP contribution in [0.5, 0.6) is 11.5 Å². The first kappa shape index (κ1) is 21.8. The van der Waals surface area contributed by atoms with Gasteiger partial charge in [0.2, 0.25) is 5.91 Å². The molecule has 7 heteroatoms. The van der Waals surface area contributed by atoms with E-state index in [0.29, 0.717) is 30.7 Å². The Kier molecular flexibility index (Phi) is 6.96. The van der Waals surface area contributed by atoms with Crippen LogP contribution in [0.1, 0.15) is 51.0 Å². The molecule has 162 valence electrons. The van der Waals surface area contributed by atoms with Gasteiger partial charge in [-0.05, 0) is 55.2 Å². The number of ether oxygens (including phenoxy) is 2. The second-order valence-electron chi connectivity index (χ2n) is 8.26. The van der Waals surface area contributed by atoms with Gasteiger partial charge in [0.15, 0.2) is 18.1 Å². The van der Waals surface area contributed by atoms with Gasteiger partial charge < -0.3 is 14.4 Å². The summed E-state index contributed by atoms with van der Waals surface area (Å²) in [5.41, 5.74) is 0.847. The molecule has 1 aliphatic heterocycles. The number of halogens is 3. The summed E-state index contributed by atoms with van der Waals surface area (Å²) in [6.07, 6.45) is 2.34. The Labute approximate surface area is 170 Å². The number of aryl methyl sites for hydroxylation is 1. The second-order valence-corrected chi connectivity index (χ2v) is 8.26. The van der Waals surface area contributed by atoms with Gasteiger partial charge in [0.25, 0.3) is 0 Å². The number of rotatable bonds is 6. The summed E-state index contributed by atoms with van der Waals surface area (Å²) in [5, 5.41) is 0. The van der Waals surface area contributed by atoms with E-state index in [9.17, 15) is 18.0 Å². The third-order valence-electron chi connectivity index (χ3n) is 6.31. The Bertz CT molecular complexity index is 707. The number of amides is 1. The first-order valence-electron chi connectivity index (χ1n) is 10.4. The molecule has 0 N–H and O–H groups in total. The van der Waals surface area contributed by atoms with Gasteiger partial charge in [-0.15, -0.1) is 0 Å². The number of carbonyl (C=O) groups is 1. The first-order chi connectivity index (χ1) is 13.8. The summed E-state index contributed by atoms with van der Waals surface area (Å²) in [6, 6.07) is 5.20. The predicted molar refractivity (Wildman–Crippen MR) is 104 cm³/mol. The van der Waals surface area contributed by atoms with E-state index in [1.54, 1.807) is 12.1 Å². The van der Waals surface area contributed by atoms with Crippen molar-refractivity contribution in [1.29, 1.82) is 0 Å². The monoisotopic (exact) mass is 413 g/mol. The van der Waals surface area contributed by atoms with E-state index in [0.717, 1.165) is 24.9 Å². The number of carbonyl (C=O) groups excluding carboxylic acids is 1. The van der Waals surface area contributed by atoms with Gasteiger partial charge in [0.05, 0.1) is 7.11 Å². The minimum absolute atomic E-state index is 0.0509. The van der Waals surface area contributed by atoms with Gasteiger partial charge in [-0.1, -0.05) is 25.8 Å². The van der Waals surface area contributed by atoms with Crippen LogP contribution in [0.25, 0.3) is 0 Å². The molecule has 0 bridgehead atoms. The van der Waals surface area contributed by atoms with Crippen LogP contribution >= 0.6 is 0 Å². The smallest absolute Gasteiger partial charge is 0.422 e. The lowest BCUT2D eigenvalue weighted by Gasteiger charge is -2.47. The molecule has 3 unspecified atom stereocenters. The molecule has 1 amide bonds. The standard InChI is InChI=1S/C22H30F3NO3/c1-15-11-12-26(18-6-4-3-5-17(15)18)21(27)10-8-16-7-9-19(20(13-16)28-2)29-14-22(23,24)25/h7,9,13,15,17-18H,3-6,8,10-12,14H2,1-2H3. The molecule has 4 nitrogen and oxygen atoms in total. The van der Waals surface area contributed by atoms with E-state index in [1.165, 1.54) is 32.4 Å². The SMILES string of the molecule is COc1cc(CCC(=O)N2CCC(C)C3CCCCC32)ccc1OCC(F)(F)F. The van der Waals surface area contributed by atoms with Crippen molar-refractivity contribution >= 4 is 5.91 Å². The van der Waals surface area contributed by atoms with E-state index in [1.807, 2.05) is 0 Å². The fraction of sp³-hybridized carbons (Fsp3) is 0.682. The zero-order valence-corrected chi connectivity index (χ0v) is 17.1. The third-order valence-corrected chi connectivity index (χ3v) is 6.31. The molecular weight excluding hydrogens is 383 g/mol. The third kappa shape index (κ3) is 5.58. The quantitative estimate of drug-likeness (QED) is 0.659. The number of alkyl halides is 3. The predicted octanol–water partition coefficient (Wildman–Crippen LogP) is 5.00. The maximum absolute atomic E-state index is 12.9. The Morgan fingerprint density at radius 1 is 1.17 bits per heavy atom. The highest BCUT2D eigenvalue weighted by atomic mass is 19.4. The normalized spacial score (nSPS) is 24.7. The number of benzene rings is 1. The maximum atomic E-state index is 12.9. The minimum Gasteiger partial charge on any atom is -0.493 e. The highest BCUT2D eigenvalue weighted by Gasteiger charge is 2.39. The van der Waals surface area contributed by atoms with Gasteiger partial charge in [-0.2, -0.15) is 13.2 Å². The van der Waals surface area contributed by atoms with E-state index in [-0.39, 0.29) is 17.4 Å². The summed E-state index contributed by atoms with van der Waals surface area (Å²) >= 11 is 0. The van der Waals surface area contributed by atoms with E-state index >= 15 is 0 Å². The molecule has 3 atom stereocenters. The van der Waals surface area contributed by atoms with Crippen LogP contribution in [0.3, 0.4) is 0 Å². The van der Waals surface area contributed by atoms with Crippen molar-refractivity contribution < 1.29 is 27.4 Å². The van der Waals surface area contributed by atoms with Crippen LogP contribution in [-0.2, 0) is 11.2 Å². The van der Waals surface area contributed by atoms with Gasteiger partial charge in [-0.3, -0.25) is 4.79 Å². The number of likely N-dealkylation sites (tertiary alicyclic amines) is 1. The molecular formula is C22H30F3NO3. The molecule has 2 fully saturated rings. The maximum Gasteiger partial charge on any atom is 0.422 e. The molecule has 29 heavy (non-hydrogen) atoms. The fourth-order valence-corrected chi connectivity index (χ4v) is 4.76. The highest BCUT2D eigenvalue weighted by Crippen LogP contribution is 2.39. The number of fused-ring (bicyclic) bond motifs is 1. The fourth-order valence-electron chi connectivity index (χ4n) is 4.76. The Morgan fingerprint density at radius 2 is 1.93 bits per heavy atom. The van der Waals surface area contributed by atoms with Gasteiger partial charge in [0.1, 0.15) is 0 Å². The Morgan fingerprint density at radius 3 is 2.66 bits per heavy atom. The molecule has 0 spiro atoms. The molecule has 1 saturated heterocycles. The van der Waals surface area contributed by atoms with Crippen LogP contribution in [-0.4, -0.2) is 43.3 Å². The Hall–Kier alpha value is -1.92. The number of methoxy groups -OCH3 is 1. The average molecular weight is 413 g/mol. The first-order valence-corrected chi connectivity index (χ1v) is 10.4. The lowest BCUT2D eigenvalue weighted by atomic mass is 9.72. The topological polar surface area (TPSA) is 38.8 Å². The summed E-state index contributed by atoms with van der Waals surface area (Å²) in [6.45, 7) is 1.77. The lowest BCUT2D eigenvalue weighted by molar-refractivity contribution is -0.153. The summed E-state index contributed by atoms with van der Waals surface area (Å²) in [5.74, 6) is 1.77. The van der Waals surface area contributed by atoms with E-state index in [4.69, 9.17) is 9.47 Å². The van der Waals surface area contributed by atoms with Crippen LogP contribution < -0.4 is 9.47 Å². The number of nitrogens with zero attached hydrogens (tertiary/aromatic N) is 1. The largest absolute Gasteiger partial charge is 0.493 e. The second kappa shape index (κ2) is 9.26. The number of piperidine rings is 1. The van der Waals surface area contributed by atoms with Crippen molar-refractivity contribution in [2.24, 2.45) is 11.8 Å². The Balaban J connectivity index is 1.59. The minimum atomic E-state index is -4.40. The molecule has 1 saturated carbocycles. The van der Waals surface area contributed by atoms with Crippen molar-refractivity contribution in [3.63, 3.8) is 0 Å². The molecule has 0 aromatic heterocycles. The van der Waals surface area contributed by atoms with Gasteiger partial charge >= 0.3 is 6.18 Å². The average Bonchev–Trinajstić information content (AvgIpc) is 2.70. The van der Waals surface area contributed by atoms with Crippen LogP contribution in [0.4, 0.5) is 13.2 Å². The van der Waals surface area contributed by atoms with E-state index in [2.05, 4.69) is 11.8 Å². The van der Waals surface area contributed by atoms with Crippen molar-refractivity contribution in [3.05, 3.63) is 23.8 Å². The zero-order chi connectivity index (χ0) is 21.0. The van der Waals surface area contributed by atoms with Crippen molar-refractivity contribution in [2.75, 3.05) is 20.3 Å². The number of hydrogen-bond acceptors (Lipinski definition) is 3. The molecule has 1 aromatic rings. The van der Waals surface area contributed by atoms with E-state index < -0.39 is 12.8 Å². The molecule has 3 rings (SSSR count).